The topological polar surface area (TPSA) is 0 Å². The molecule has 0 aromatic heterocycles. The van der Waals surface area contributed by atoms with E-state index >= 15 is 0 Å². The Labute approximate surface area is 287 Å². The van der Waals surface area contributed by atoms with Gasteiger partial charge in [-0.05, 0) is 65.3 Å². The lowest BCUT2D eigenvalue weighted by molar-refractivity contribution is 0.815. The standard InChI is InChI=1S/C47H44Si/c1-5-6-31-48(45-35(3)32-34(2)33-36(45)4)46(39-25-15-9-16-26-39)41-29-19-20-30-42(41)47(48,40-27-17-10-18-28-40)44(38-23-13-8-14-24-38)43(46)37-21-11-7-12-22-37/h7-30,32-33H,5-6,31H2,1-4H3. The van der Waals surface area contributed by atoms with Gasteiger partial charge in [0.1, 0.15) is 8.07 Å². The zero-order valence-corrected chi connectivity index (χ0v) is 29.6. The van der Waals surface area contributed by atoms with Crippen LogP contribution in [0.4, 0.5) is 0 Å². The molecule has 8 rings (SSSR count). The van der Waals surface area contributed by atoms with Gasteiger partial charge < -0.3 is 0 Å². The molecule has 2 aliphatic rings. The van der Waals surface area contributed by atoms with Gasteiger partial charge in [-0.2, -0.15) is 0 Å². The summed E-state index contributed by atoms with van der Waals surface area (Å²) in [7, 11) is -2.89. The molecule has 0 saturated heterocycles. The van der Waals surface area contributed by atoms with Crippen LogP contribution in [-0.4, -0.2) is 8.07 Å². The van der Waals surface area contributed by atoms with Crippen LogP contribution < -0.4 is 5.19 Å². The molecule has 2 heterocycles. The van der Waals surface area contributed by atoms with Crippen molar-refractivity contribution in [2.45, 2.75) is 56.7 Å². The third-order valence-corrected chi connectivity index (χ3v) is 18.5. The Bertz CT molecular complexity index is 1990. The first-order valence-corrected chi connectivity index (χ1v) is 19.9. The average Bonchev–Trinajstić information content (AvgIpc) is 3.50. The highest BCUT2D eigenvalue weighted by atomic mass is 28.3. The van der Waals surface area contributed by atoms with Crippen LogP contribution in [0.15, 0.2) is 158 Å². The molecule has 236 valence electrons. The van der Waals surface area contributed by atoms with Gasteiger partial charge in [-0.25, -0.2) is 0 Å². The molecule has 0 amide bonds. The van der Waals surface area contributed by atoms with E-state index in [4.69, 9.17) is 0 Å². The Kier molecular flexibility index (Phi) is 7.49. The SMILES string of the molecule is CCCC[Si]1(c2c(C)cc(C)cc2C)C2(c3ccccc3)C(c3ccccc3)=C(c3ccccc3)C1(c1ccccc1)c1ccccc12. The molecular weight excluding hydrogens is 593 g/mol. The monoisotopic (exact) mass is 636 g/mol. The van der Waals surface area contributed by atoms with Crippen LogP contribution in [-0.2, 0) is 10.1 Å². The molecule has 6 aromatic carbocycles. The number of fused-ring (bicyclic) bond motifs is 5. The highest BCUT2D eigenvalue weighted by Gasteiger charge is 2.80. The summed E-state index contributed by atoms with van der Waals surface area (Å²) in [5.74, 6) is 0. The minimum absolute atomic E-state index is 0.340. The Morgan fingerprint density at radius 3 is 1.25 bits per heavy atom. The summed E-state index contributed by atoms with van der Waals surface area (Å²) in [6.45, 7) is 9.49. The lowest BCUT2D eigenvalue weighted by atomic mass is 9.65. The number of hydrogen-bond donors (Lipinski definition) is 0. The molecule has 0 saturated carbocycles. The Morgan fingerprint density at radius 2 is 0.854 bits per heavy atom. The van der Waals surface area contributed by atoms with Crippen molar-refractivity contribution < 1.29 is 0 Å². The maximum absolute atomic E-state index is 2.89. The molecule has 2 atom stereocenters. The fraction of sp³-hybridized carbons (Fsp3) is 0.191. The van der Waals surface area contributed by atoms with E-state index in [0.29, 0.717) is 0 Å². The first-order chi connectivity index (χ1) is 23.5. The number of unbranched alkanes of at least 4 members (excludes halogenated alkanes) is 1. The van der Waals surface area contributed by atoms with Gasteiger partial charge in [-0.1, -0.05) is 205 Å². The van der Waals surface area contributed by atoms with Crippen molar-refractivity contribution in [3.05, 3.63) is 208 Å². The number of hydrogen-bond acceptors (Lipinski definition) is 0. The van der Waals surface area contributed by atoms with Crippen molar-refractivity contribution in [1.82, 2.24) is 0 Å². The minimum atomic E-state index is -2.89. The highest BCUT2D eigenvalue weighted by molar-refractivity contribution is 7.03. The smallest absolute Gasteiger partial charge is 0.0654 e. The van der Waals surface area contributed by atoms with E-state index in [2.05, 4.69) is 185 Å². The second-order valence-corrected chi connectivity index (χ2v) is 18.4. The van der Waals surface area contributed by atoms with Crippen molar-refractivity contribution >= 4 is 24.4 Å². The molecule has 0 spiro atoms. The Balaban J connectivity index is 1.74. The number of benzene rings is 6. The third-order valence-electron chi connectivity index (χ3n) is 11.6. The van der Waals surface area contributed by atoms with Crippen LogP contribution in [0.3, 0.4) is 0 Å². The van der Waals surface area contributed by atoms with Gasteiger partial charge >= 0.3 is 0 Å². The zero-order chi connectivity index (χ0) is 32.9. The molecule has 0 aliphatic carbocycles. The summed E-state index contributed by atoms with van der Waals surface area (Å²) in [6.07, 6.45) is 2.34. The largest absolute Gasteiger partial charge is 0.129 e. The van der Waals surface area contributed by atoms with Crippen LogP contribution in [0.5, 0.6) is 0 Å². The van der Waals surface area contributed by atoms with E-state index in [1.165, 1.54) is 73.7 Å². The second-order valence-electron chi connectivity index (χ2n) is 14.0. The summed E-state index contributed by atoms with van der Waals surface area (Å²) in [4.78, 5) is 0. The van der Waals surface area contributed by atoms with Gasteiger partial charge in [0.2, 0.25) is 0 Å². The van der Waals surface area contributed by atoms with Crippen LogP contribution >= 0.6 is 0 Å². The summed E-state index contributed by atoms with van der Waals surface area (Å²) in [6, 6.07) is 62.0. The quantitative estimate of drug-likeness (QED) is 0.146. The zero-order valence-electron chi connectivity index (χ0n) is 28.6. The summed E-state index contributed by atoms with van der Waals surface area (Å²) >= 11 is 0. The number of aryl methyl sites for hydroxylation is 3. The maximum Gasteiger partial charge on any atom is 0.129 e. The van der Waals surface area contributed by atoms with Crippen LogP contribution in [0, 0.1) is 20.8 Å². The van der Waals surface area contributed by atoms with E-state index < -0.39 is 8.07 Å². The van der Waals surface area contributed by atoms with Crippen LogP contribution in [0.1, 0.15) is 69.8 Å². The van der Waals surface area contributed by atoms with Crippen molar-refractivity contribution in [2.75, 3.05) is 0 Å². The van der Waals surface area contributed by atoms with Crippen molar-refractivity contribution in [2.24, 2.45) is 0 Å². The lowest BCUT2D eigenvalue weighted by Gasteiger charge is -2.51. The molecule has 2 unspecified atom stereocenters. The van der Waals surface area contributed by atoms with E-state index in [9.17, 15) is 0 Å². The third kappa shape index (κ3) is 3.89. The first kappa shape index (κ1) is 30.6. The average molecular weight is 637 g/mol. The fourth-order valence-corrected chi connectivity index (χ4v) is 19.3. The van der Waals surface area contributed by atoms with E-state index in [0.717, 1.165) is 6.42 Å². The predicted octanol–water partition coefficient (Wildman–Crippen LogP) is 11.1. The molecule has 0 nitrogen and oxygen atoms in total. The molecular formula is C47H44Si. The molecule has 0 fully saturated rings. The lowest BCUT2D eigenvalue weighted by Crippen LogP contribution is -2.70. The van der Waals surface area contributed by atoms with Gasteiger partial charge in [0.15, 0.2) is 0 Å². The van der Waals surface area contributed by atoms with Gasteiger partial charge in [-0.15, -0.1) is 0 Å². The molecule has 0 N–H and O–H groups in total. The minimum Gasteiger partial charge on any atom is -0.0654 e. The molecule has 1 heteroatoms. The summed E-state index contributed by atoms with van der Waals surface area (Å²) in [5.41, 5.74) is 15.8. The highest BCUT2D eigenvalue weighted by Crippen LogP contribution is 2.76. The first-order valence-electron chi connectivity index (χ1n) is 17.7. The Morgan fingerprint density at radius 1 is 0.479 bits per heavy atom. The summed E-state index contributed by atoms with van der Waals surface area (Å²) in [5, 5.41) is 0.963. The van der Waals surface area contributed by atoms with Gasteiger partial charge in [0, 0.05) is 10.1 Å². The van der Waals surface area contributed by atoms with Gasteiger partial charge in [0.05, 0.1) is 0 Å². The number of rotatable bonds is 8. The van der Waals surface area contributed by atoms with Crippen LogP contribution in [0.25, 0.3) is 11.1 Å². The van der Waals surface area contributed by atoms with E-state index in [1.54, 1.807) is 5.19 Å². The van der Waals surface area contributed by atoms with Gasteiger partial charge in [-0.3, -0.25) is 0 Å². The van der Waals surface area contributed by atoms with Crippen molar-refractivity contribution in [1.29, 1.82) is 0 Å². The van der Waals surface area contributed by atoms with Crippen molar-refractivity contribution in [3.8, 4) is 0 Å². The number of allylic oxidation sites excluding steroid dienone is 2. The Hall–Kier alpha value is -4.72. The second kappa shape index (κ2) is 11.8. The van der Waals surface area contributed by atoms with Crippen LogP contribution in [0.2, 0.25) is 6.04 Å². The molecule has 0 radical (unpaired) electrons. The molecule has 48 heavy (non-hydrogen) atoms. The molecule has 2 aliphatic heterocycles. The molecule has 6 aromatic rings. The maximum atomic E-state index is 2.50. The van der Waals surface area contributed by atoms with Gasteiger partial charge in [0.25, 0.3) is 0 Å². The normalized spacial score (nSPS) is 22.6. The summed E-state index contributed by atoms with van der Waals surface area (Å²) < 4.78 is 0. The van der Waals surface area contributed by atoms with Crippen molar-refractivity contribution in [3.63, 3.8) is 0 Å². The van der Waals surface area contributed by atoms with E-state index in [-0.39, 0.29) is 10.1 Å². The van der Waals surface area contributed by atoms with E-state index in [1.807, 2.05) is 0 Å². The fourth-order valence-electron chi connectivity index (χ4n) is 10.5. The molecule has 2 bridgehead atoms. The predicted molar refractivity (Wildman–Crippen MR) is 206 cm³/mol.